The zero-order chi connectivity index (χ0) is 14.0. The molecular formula is C12H11F4N3. The molecule has 0 aliphatic carbocycles. The SMILES string of the molecule is Cn1nc(CNc2ccccc2F)cc1C(F)(F)F. The van der Waals surface area contributed by atoms with E-state index >= 15 is 0 Å². The molecule has 0 atom stereocenters. The first-order chi connectivity index (χ1) is 8.88. The van der Waals surface area contributed by atoms with Crippen molar-refractivity contribution >= 4 is 5.69 Å². The minimum absolute atomic E-state index is 0.0187. The number of nitrogens with one attached hydrogen (secondary N) is 1. The minimum Gasteiger partial charge on any atom is -0.377 e. The van der Waals surface area contributed by atoms with Crippen LogP contribution in [0.4, 0.5) is 23.2 Å². The highest BCUT2D eigenvalue weighted by Crippen LogP contribution is 2.29. The fraction of sp³-hybridized carbons (Fsp3) is 0.250. The van der Waals surface area contributed by atoms with Crippen molar-refractivity contribution in [1.29, 1.82) is 0 Å². The Labute approximate surface area is 106 Å². The van der Waals surface area contributed by atoms with Gasteiger partial charge < -0.3 is 5.32 Å². The Morgan fingerprint density at radius 3 is 2.53 bits per heavy atom. The van der Waals surface area contributed by atoms with Gasteiger partial charge in [0, 0.05) is 7.05 Å². The highest BCUT2D eigenvalue weighted by Gasteiger charge is 2.34. The summed E-state index contributed by atoms with van der Waals surface area (Å²) in [7, 11) is 1.22. The Bertz CT molecular complexity index is 575. The maximum atomic E-state index is 13.3. The van der Waals surface area contributed by atoms with Crippen LogP contribution >= 0.6 is 0 Å². The standard InChI is InChI=1S/C12H11F4N3/c1-19-11(12(14,15)16)6-8(18-19)7-17-10-5-3-2-4-9(10)13/h2-6,17H,7H2,1H3. The van der Waals surface area contributed by atoms with Crippen LogP contribution in [0.3, 0.4) is 0 Å². The molecule has 0 unspecified atom stereocenters. The molecule has 0 amide bonds. The Morgan fingerprint density at radius 1 is 1.26 bits per heavy atom. The maximum Gasteiger partial charge on any atom is 0.433 e. The quantitative estimate of drug-likeness (QED) is 0.870. The summed E-state index contributed by atoms with van der Waals surface area (Å²) in [4.78, 5) is 0. The predicted octanol–water partition coefficient (Wildman–Crippen LogP) is 3.19. The van der Waals surface area contributed by atoms with Crippen LogP contribution < -0.4 is 5.32 Å². The van der Waals surface area contributed by atoms with E-state index in [9.17, 15) is 17.6 Å². The van der Waals surface area contributed by atoms with Gasteiger partial charge in [-0.1, -0.05) is 12.1 Å². The minimum atomic E-state index is -4.45. The number of aromatic nitrogens is 2. The van der Waals surface area contributed by atoms with Crippen LogP contribution in [0.25, 0.3) is 0 Å². The average molecular weight is 273 g/mol. The molecule has 3 nitrogen and oxygen atoms in total. The summed E-state index contributed by atoms with van der Waals surface area (Å²) in [6.45, 7) is 0.0187. The number of halogens is 4. The van der Waals surface area contributed by atoms with E-state index in [2.05, 4.69) is 10.4 Å². The first kappa shape index (κ1) is 13.4. The third kappa shape index (κ3) is 3.04. The summed E-state index contributed by atoms with van der Waals surface area (Å²) >= 11 is 0. The van der Waals surface area contributed by atoms with Crippen LogP contribution in [0.2, 0.25) is 0 Å². The van der Waals surface area contributed by atoms with Crippen molar-refractivity contribution in [3.8, 4) is 0 Å². The van der Waals surface area contributed by atoms with Gasteiger partial charge in [-0.15, -0.1) is 0 Å². The monoisotopic (exact) mass is 273 g/mol. The van der Waals surface area contributed by atoms with Crippen LogP contribution in [-0.4, -0.2) is 9.78 Å². The van der Waals surface area contributed by atoms with Gasteiger partial charge in [0.1, 0.15) is 11.5 Å². The van der Waals surface area contributed by atoms with Gasteiger partial charge in [-0.25, -0.2) is 4.39 Å². The average Bonchev–Trinajstić information content (AvgIpc) is 2.69. The second-order valence-electron chi connectivity index (χ2n) is 3.98. The molecule has 102 valence electrons. The molecule has 1 aromatic heterocycles. The van der Waals surface area contributed by atoms with Gasteiger partial charge >= 0.3 is 6.18 Å². The van der Waals surface area contributed by atoms with Crippen molar-refractivity contribution in [3.05, 3.63) is 47.5 Å². The maximum absolute atomic E-state index is 13.3. The van der Waals surface area contributed by atoms with Gasteiger partial charge in [0.05, 0.1) is 17.9 Å². The van der Waals surface area contributed by atoms with Gasteiger partial charge in [0.15, 0.2) is 0 Å². The number of anilines is 1. The first-order valence-corrected chi connectivity index (χ1v) is 5.46. The van der Waals surface area contributed by atoms with Gasteiger partial charge in [0.2, 0.25) is 0 Å². The first-order valence-electron chi connectivity index (χ1n) is 5.46. The van der Waals surface area contributed by atoms with Crippen molar-refractivity contribution in [2.75, 3.05) is 5.32 Å². The number of alkyl halides is 3. The molecule has 0 aliphatic heterocycles. The Kier molecular flexibility index (Phi) is 3.46. The van der Waals surface area contributed by atoms with Gasteiger partial charge in [-0.3, -0.25) is 4.68 Å². The topological polar surface area (TPSA) is 29.9 Å². The predicted molar refractivity (Wildman–Crippen MR) is 61.9 cm³/mol. The zero-order valence-corrected chi connectivity index (χ0v) is 10.0. The number of benzene rings is 1. The van der Waals surface area contributed by atoms with Crippen LogP contribution in [0.1, 0.15) is 11.4 Å². The molecule has 1 heterocycles. The lowest BCUT2D eigenvalue weighted by Crippen LogP contribution is -2.11. The third-order valence-corrected chi connectivity index (χ3v) is 2.55. The lowest BCUT2D eigenvalue weighted by atomic mass is 10.3. The van der Waals surface area contributed by atoms with Gasteiger partial charge in [0.25, 0.3) is 0 Å². The van der Waals surface area contributed by atoms with Crippen molar-refractivity contribution in [2.45, 2.75) is 12.7 Å². The van der Waals surface area contributed by atoms with E-state index in [1.165, 1.54) is 25.2 Å². The fourth-order valence-electron chi connectivity index (χ4n) is 1.67. The smallest absolute Gasteiger partial charge is 0.377 e. The van der Waals surface area contributed by atoms with Crippen LogP contribution in [0, 0.1) is 5.82 Å². The summed E-state index contributed by atoms with van der Waals surface area (Å²) in [5, 5.41) is 6.44. The van der Waals surface area contributed by atoms with Crippen LogP contribution in [0.5, 0.6) is 0 Å². The number of hydrogen-bond acceptors (Lipinski definition) is 2. The van der Waals surface area contributed by atoms with E-state index in [0.29, 0.717) is 0 Å². The van der Waals surface area contributed by atoms with Crippen molar-refractivity contribution in [3.63, 3.8) is 0 Å². The van der Waals surface area contributed by atoms with Crippen molar-refractivity contribution in [2.24, 2.45) is 7.05 Å². The van der Waals surface area contributed by atoms with Crippen molar-refractivity contribution in [1.82, 2.24) is 9.78 Å². The number of aryl methyl sites for hydroxylation is 1. The number of hydrogen-bond donors (Lipinski definition) is 1. The molecule has 0 saturated carbocycles. The third-order valence-electron chi connectivity index (χ3n) is 2.55. The summed E-state index contributed by atoms with van der Waals surface area (Å²) < 4.78 is 51.7. The van der Waals surface area contributed by atoms with E-state index < -0.39 is 17.7 Å². The number of para-hydroxylation sites is 1. The molecule has 1 N–H and O–H groups in total. The Balaban J connectivity index is 2.11. The molecule has 1 aromatic carbocycles. The van der Waals surface area contributed by atoms with E-state index in [4.69, 9.17) is 0 Å². The highest BCUT2D eigenvalue weighted by molar-refractivity contribution is 5.44. The molecule has 0 bridgehead atoms. The van der Waals surface area contributed by atoms with Crippen molar-refractivity contribution < 1.29 is 17.6 Å². The number of rotatable bonds is 3. The van der Waals surface area contributed by atoms with Gasteiger partial charge in [-0.2, -0.15) is 18.3 Å². The fourth-order valence-corrected chi connectivity index (χ4v) is 1.67. The molecule has 7 heteroatoms. The summed E-state index contributed by atoms with van der Waals surface area (Å²) in [6.07, 6.45) is -4.45. The molecule has 0 fully saturated rings. The molecular weight excluding hydrogens is 262 g/mol. The highest BCUT2D eigenvalue weighted by atomic mass is 19.4. The van der Waals surface area contributed by atoms with E-state index in [0.717, 1.165) is 10.7 Å². The summed E-state index contributed by atoms with van der Waals surface area (Å²) in [5.74, 6) is -0.463. The molecule has 19 heavy (non-hydrogen) atoms. The largest absolute Gasteiger partial charge is 0.433 e. The zero-order valence-electron chi connectivity index (χ0n) is 10.0. The summed E-state index contributed by atoms with van der Waals surface area (Å²) in [5.41, 5.74) is -0.419. The van der Waals surface area contributed by atoms with E-state index in [1.54, 1.807) is 6.07 Å². The van der Waals surface area contributed by atoms with Crippen LogP contribution in [-0.2, 0) is 19.8 Å². The van der Waals surface area contributed by atoms with E-state index in [-0.39, 0.29) is 17.9 Å². The van der Waals surface area contributed by atoms with Crippen LogP contribution in [0.15, 0.2) is 30.3 Å². The summed E-state index contributed by atoms with van der Waals surface area (Å²) in [6, 6.07) is 6.87. The molecule has 2 aromatic rings. The van der Waals surface area contributed by atoms with E-state index in [1.807, 2.05) is 0 Å². The Morgan fingerprint density at radius 2 is 1.95 bits per heavy atom. The Hall–Kier alpha value is -2.05. The van der Waals surface area contributed by atoms with Gasteiger partial charge in [-0.05, 0) is 18.2 Å². The second-order valence-corrected chi connectivity index (χ2v) is 3.98. The molecule has 0 saturated heterocycles. The molecule has 0 aliphatic rings. The lowest BCUT2D eigenvalue weighted by molar-refractivity contribution is -0.143. The number of nitrogens with zero attached hydrogens (tertiary/aromatic N) is 2. The lowest BCUT2D eigenvalue weighted by Gasteiger charge is -2.04. The molecule has 0 radical (unpaired) electrons. The molecule has 0 spiro atoms. The normalized spacial score (nSPS) is 11.6. The molecule has 2 rings (SSSR count). The second kappa shape index (κ2) is 4.91.